The molecule has 0 radical (unpaired) electrons. The lowest BCUT2D eigenvalue weighted by Gasteiger charge is -2.13. The van der Waals surface area contributed by atoms with Gasteiger partial charge in [-0.3, -0.25) is 0 Å². The van der Waals surface area contributed by atoms with E-state index >= 15 is 0 Å². The maximum atomic E-state index is 12.1. The van der Waals surface area contributed by atoms with Gasteiger partial charge in [-0.25, -0.2) is 19.3 Å². The first kappa shape index (κ1) is 15.5. The smallest absolute Gasteiger partial charge is 0.329 e. The number of aromatic amines is 1. The number of imidazole rings is 1. The molecule has 1 saturated heterocycles. The van der Waals surface area contributed by atoms with Crippen molar-refractivity contribution in [3.05, 3.63) is 16.8 Å². The molecule has 0 aromatic carbocycles. The fraction of sp³-hybridized carbons (Fsp3) is 0.643. The second-order valence-corrected chi connectivity index (χ2v) is 5.01. The first-order valence-electron chi connectivity index (χ1n) is 7.48. The van der Waals surface area contributed by atoms with Gasteiger partial charge in [0.05, 0.1) is 6.10 Å². The predicted octanol–water partition coefficient (Wildman–Crippen LogP) is 2.06. The molecule has 21 heavy (non-hydrogen) atoms. The SMILES string of the molecule is CC.CCC1O[C@@H](n2c(=O)[nH]c3c(N)ncnc32)CC1C. The number of rotatable bonds is 2. The minimum Gasteiger partial charge on any atom is -0.382 e. The van der Waals surface area contributed by atoms with Gasteiger partial charge in [-0.05, 0) is 18.8 Å². The number of nitrogen functional groups attached to an aromatic ring is 1. The molecule has 0 aliphatic carbocycles. The van der Waals surface area contributed by atoms with Crippen LogP contribution in [0.4, 0.5) is 5.82 Å². The molecular weight excluding hydrogens is 270 g/mol. The van der Waals surface area contributed by atoms with Crippen LogP contribution >= 0.6 is 0 Å². The van der Waals surface area contributed by atoms with Crippen molar-refractivity contribution < 1.29 is 4.74 Å². The van der Waals surface area contributed by atoms with E-state index in [2.05, 4.69) is 28.8 Å². The summed E-state index contributed by atoms with van der Waals surface area (Å²) < 4.78 is 7.48. The summed E-state index contributed by atoms with van der Waals surface area (Å²) in [6, 6.07) is 0. The van der Waals surface area contributed by atoms with Crippen LogP contribution in [0.5, 0.6) is 0 Å². The summed E-state index contributed by atoms with van der Waals surface area (Å²) in [7, 11) is 0. The van der Waals surface area contributed by atoms with E-state index in [1.165, 1.54) is 6.33 Å². The molecule has 0 bridgehead atoms. The number of nitrogens with two attached hydrogens (primary N) is 1. The quantitative estimate of drug-likeness (QED) is 0.883. The van der Waals surface area contributed by atoms with E-state index in [0.29, 0.717) is 17.1 Å². The highest BCUT2D eigenvalue weighted by Crippen LogP contribution is 2.35. The van der Waals surface area contributed by atoms with Gasteiger partial charge in [0, 0.05) is 0 Å². The number of fused-ring (bicyclic) bond motifs is 1. The molecule has 3 atom stereocenters. The minimum atomic E-state index is -0.282. The molecule has 2 aromatic heterocycles. The van der Waals surface area contributed by atoms with Crippen molar-refractivity contribution in [3.8, 4) is 0 Å². The van der Waals surface area contributed by atoms with E-state index in [9.17, 15) is 4.79 Å². The average molecular weight is 293 g/mol. The first-order valence-corrected chi connectivity index (χ1v) is 7.48. The Morgan fingerprint density at radius 3 is 2.81 bits per heavy atom. The Morgan fingerprint density at radius 1 is 1.48 bits per heavy atom. The number of hydrogen-bond acceptors (Lipinski definition) is 5. The third-order valence-electron chi connectivity index (χ3n) is 3.77. The number of H-pyrrole nitrogens is 1. The molecule has 3 N–H and O–H groups in total. The van der Waals surface area contributed by atoms with Gasteiger partial charge in [-0.1, -0.05) is 27.7 Å². The highest BCUT2D eigenvalue weighted by Gasteiger charge is 2.34. The van der Waals surface area contributed by atoms with Crippen LogP contribution in [0.1, 0.15) is 46.8 Å². The average Bonchev–Trinajstić information content (AvgIpc) is 3.01. The second-order valence-electron chi connectivity index (χ2n) is 5.01. The monoisotopic (exact) mass is 293 g/mol. The van der Waals surface area contributed by atoms with Gasteiger partial charge in [-0.2, -0.15) is 0 Å². The summed E-state index contributed by atoms with van der Waals surface area (Å²) in [5.41, 5.74) is 6.47. The first-order chi connectivity index (χ1) is 10.1. The summed E-state index contributed by atoms with van der Waals surface area (Å²) in [6.45, 7) is 8.22. The zero-order valence-electron chi connectivity index (χ0n) is 13.0. The van der Waals surface area contributed by atoms with E-state index in [1.807, 2.05) is 13.8 Å². The number of nitrogens with one attached hydrogen (secondary N) is 1. The third kappa shape index (κ3) is 2.65. The Labute approximate surface area is 123 Å². The van der Waals surface area contributed by atoms with Gasteiger partial charge >= 0.3 is 5.69 Å². The molecule has 1 fully saturated rings. The molecule has 0 saturated carbocycles. The van der Waals surface area contributed by atoms with E-state index in [4.69, 9.17) is 10.5 Å². The highest BCUT2D eigenvalue weighted by molar-refractivity contribution is 5.81. The largest absolute Gasteiger partial charge is 0.382 e. The third-order valence-corrected chi connectivity index (χ3v) is 3.77. The fourth-order valence-corrected chi connectivity index (χ4v) is 2.75. The standard InChI is InChI=1S/C12H17N5O2.C2H6/c1-3-7-6(2)4-8(19-7)17-11-9(16-12(17)18)10(13)14-5-15-11;1-2/h5-8H,3-4H2,1-2H3,(H,16,18)(H2,13,14,15);1-2H3/t6?,7?,8-;/m1./s1. The Balaban J connectivity index is 0.000000774. The summed E-state index contributed by atoms with van der Waals surface area (Å²) in [6.07, 6.45) is 3.00. The Morgan fingerprint density at radius 2 is 2.19 bits per heavy atom. The maximum Gasteiger partial charge on any atom is 0.329 e. The summed E-state index contributed by atoms with van der Waals surface area (Å²) >= 11 is 0. The van der Waals surface area contributed by atoms with Crippen molar-refractivity contribution >= 4 is 17.0 Å². The number of anilines is 1. The predicted molar refractivity (Wildman–Crippen MR) is 81.9 cm³/mol. The maximum absolute atomic E-state index is 12.1. The van der Waals surface area contributed by atoms with E-state index in [1.54, 1.807) is 4.57 Å². The van der Waals surface area contributed by atoms with Crippen LogP contribution < -0.4 is 11.4 Å². The molecule has 2 aromatic rings. The van der Waals surface area contributed by atoms with Gasteiger partial charge in [-0.15, -0.1) is 0 Å². The zero-order chi connectivity index (χ0) is 15.6. The molecule has 116 valence electrons. The van der Waals surface area contributed by atoms with Crippen molar-refractivity contribution in [2.24, 2.45) is 5.92 Å². The number of aromatic nitrogens is 4. The summed E-state index contributed by atoms with van der Waals surface area (Å²) in [5, 5.41) is 0. The van der Waals surface area contributed by atoms with Crippen LogP contribution in [0.2, 0.25) is 0 Å². The minimum absolute atomic E-state index is 0.182. The molecule has 3 rings (SSSR count). The highest BCUT2D eigenvalue weighted by atomic mass is 16.5. The van der Waals surface area contributed by atoms with Crippen molar-refractivity contribution in [2.45, 2.75) is 52.9 Å². The van der Waals surface area contributed by atoms with Crippen LogP contribution in [0, 0.1) is 5.92 Å². The van der Waals surface area contributed by atoms with Crippen molar-refractivity contribution in [1.29, 1.82) is 0 Å². The molecule has 0 amide bonds. The topological polar surface area (TPSA) is 98.8 Å². The fourth-order valence-electron chi connectivity index (χ4n) is 2.75. The van der Waals surface area contributed by atoms with Crippen molar-refractivity contribution in [2.75, 3.05) is 5.73 Å². The Hall–Kier alpha value is -1.89. The van der Waals surface area contributed by atoms with E-state index in [0.717, 1.165) is 12.8 Å². The Kier molecular flexibility index (Phi) is 4.62. The second kappa shape index (κ2) is 6.26. The molecule has 1 aliphatic heterocycles. The Bertz CT molecular complexity index is 663. The number of nitrogens with zero attached hydrogens (tertiary/aromatic N) is 3. The molecule has 7 nitrogen and oxygen atoms in total. The van der Waals surface area contributed by atoms with Gasteiger partial charge in [0.15, 0.2) is 11.5 Å². The van der Waals surface area contributed by atoms with Crippen LogP contribution in [0.15, 0.2) is 11.1 Å². The lowest BCUT2D eigenvalue weighted by molar-refractivity contribution is -0.00464. The molecule has 7 heteroatoms. The van der Waals surface area contributed by atoms with Gasteiger partial charge in [0.1, 0.15) is 18.1 Å². The molecular formula is C14H23N5O2. The molecule has 0 spiro atoms. The molecule has 1 aliphatic rings. The molecule has 2 unspecified atom stereocenters. The summed E-state index contributed by atoms with van der Waals surface area (Å²) in [4.78, 5) is 22.8. The van der Waals surface area contributed by atoms with E-state index < -0.39 is 0 Å². The molecule has 3 heterocycles. The van der Waals surface area contributed by atoms with Crippen LogP contribution in [0.25, 0.3) is 11.2 Å². The van der Waals surface area contributed by atoms with Gasteiger partial charge in [0.2, 0.25) is 0 Å². The number of hydrogen-bond donors (Lipinski definition) is 2. The van der Waals surface area contributed by atoms with Crippen molar-refractivity contribution in [1.82, 2.24) is 19.5 Å². The summed E-state index contributed by atoms with van der Waals surface area (Å²) in [5.74, 6) is 0.699. The normalized spacial score (nSPS) is 24.9. The number of ether oxygens (including phenoxy) is 1. The van der Waals surface area contributed by atoms with Crippen LogP contribution in [-0.4, -0.2) is 25.6 Å². The van der Waals surface area contributed by atoms with Crippen LogP contribution in [-0.2, 0) is 4.74 Å². The lowest BCUT2D eigenvalue weighted by atomic mass is 10.0. The van der Waals surface area contributed by atoms with Crippen molar-refractivity contribution in [3.63, 3.8) is 0 Å². The van der Waals surface area contributed by atoms with Crippen LogP contribution in [0.3, 0.4) is 0 Å². The lowest BCUT2D eigenvalue weighted by Crippen LogP contribution is -2.22. The van der Waals surface area contributed by atoms with E-state index in [-0.39, 0.29) is 23.8 Å². The zero-order valence-corrected chi connectivity index (χ0v) is 13.0. The van der Waals surface area contributed by atoms with Gasteiger partial charge in [0.25, 0.3) is 0 Å². The van der Waals surface area contributed by atoms with Gasteiger partial charge < -0.3 is 15.5 Å².